The summed E-state index contributed by atoms with van der Waals surface area (Å²) in [6.07, 6.45) is 9.81. The third-order valence-electron chi connectivity index (χ3n) is 8.56. The number of benzene rings is 2. The molecule has 0 bridgehead atoms. The van der Waals surface area contributed by atoms with Gasteiger partial charge in [-0.15, -0.1) is 12.4 Å². The van der Waals surface area contributed by atoms with Gasteiger partial charge in [-0.25, -0.2) is 18.7 Å². The van der Waals surface area contributed by atoms with E-state index in [0.29, 0.717) is 47.1 Å². The van der Waals surface area contributed by atoms with Crippen LogP contribution in [0, 0.1) is 11.6 Å². The lowest BCUT2D eigenvalue weighted by atomic mass is 10.1. The molecule has 59 heavy (non-hydrogen) atoms. The van der Waals surface area contributed by atoms with E-state index in [1.165, 1.54) is 24.5 Å². The van der Waals surface area contributed by atoms with Gasteiger partial charge in [0, 0.05) is 71.5 Å². The van der Waals surface area contributed by atoms with Crippen molar-refractivity contribution in [1.29, 1.82) is 0 Å². The molecule has 0 radical (unpaired) electrons. The Kier molecular flexibility index (Phi) is 13.8. The van der Waals surface area contributed by atoms with Crippen LogP contribution in [0.15, 0.2) is 122 Å². The summed E-state index contributed by atoms with van der Waals surface area (Å²) in [6.45, 7) is 0.651. The van der Waals surface area contributed by atoms with E-state index in [4.69, 9.17) is 31.2 Å². The van der Waals surface area contributed by atoms with Crippen molar-refractivity contribution >= 4 is 12.4 Å². The number of nitrogens with one attached hydrogen (secondary N) is 2. The molecule has 0 aliphatic carbocycles. The molecule has 2 atom stereocenters. The molecule has 6 aromatic heterocycles. The fourth-order valence-corrected chi connectivity index (χ4v) is 5.57. The Hall–Kier alpha value is -6.83. The fraction of sp³-hybridized carbons (Fsp3) is 0.150. The highest BCUT2D eigenvalue weighted by molar-refractivity contribution is 5.85. The average Bonchev–Trinajstić information content (AvgIpc) is 4.10. The van der Waals surface area contributed by atoms with Gasteiger partial charge < -0.3 is 31.2 Å². The topological polar surface area (TPSA) is 230 Å². The maximum Gasteiger partial charge on any atom is 0.255 e. The number of rotatable bonds is 14. The summed E-state index contributed by atoms with van der Waals surface area (Å²) in [5.41, 5.74) is 17.2. The SMILES string of the molecule is Cl.N[C@H](CO)Cn1ccc(-c2ccc(Oc3ncc(-c4ccn[nH]4)cc3F)cc2)n1.N[C@H](CO)Cn1ccc(-c2ccc(Oc3ncc(-c4ccn[nH]4)cc3F)cc2)n1. The zero-order valence-electron chi connectivity index (χ0n) is 31.1. The van der Waals surface area contributed by atoms with E-state index in [2.05, 4.69) is 40.6 Å². The van der Waals surface area contributed by atoms with Crippen LogP contribution < -0.4 is 20.9 Å². The number of nitrogens with two attached hydrogens (primary N) is 2. The molecule has 0 saturated carbocycles. The van der Waals surface area contributed by atoms with Crippen molar-refractivity contribution in [2.24, 2.45) is 11.5 Å². The van der Waals surface area contributed by atoms with E-state index in [1.54, 1.807) is 70.5 Å². The van der Waals surface area contributed by atoms with Gasteiger partial charge in [0.2, 0.25) is 0 Å². The fourth-order valence-electron chi connectivity index (χ4n) is 5.57. The van der Waals surface area contributed by atoms with E-state index in [-0.39, 0.29) is 49.5 Å². The Morgan fingerprint density at radius 3 is 1.34 bits per heavy atom. The highest BCUT2D eigenvalue weighted by atomic mass is 35.5. The number of H-pyrrole nitrogens is 2. The lowest BCUT2D eigenvalue weighted by Gasteiger charge is -2.08. The Labute approximate surface area is 341 Å². The molecule has 0 unspecified atom stereocenters. The second-order valence-electron chi connectivity index (χ2n) is 12.9. The zero-order valence-corrected chi connectivity index (χ0v) is 32.0. The van der Waals surface area contributed by atoms with E-state index in [1.807, 2.05) is 36.4 Å². The largest absolute Gasteiger partial charge is 0.436 e. The molecule has 304 valence electrons. The first-order valence-electron chi connectivity index (χ1n) is 17.9. The second-order valence-corrected chi connectivity index (χ2v) is 12.9. The van der Waals surface area contributed by atoms with Gasteiger partial charge in [-0.2, -0.15) is 20.4 Å². The quantitative estimate of drug-likeness (QED) is 0.0788. The summed E-state index contributed by atoms with van der Waals surface area (Å²) in [5.74, 6) is -0.445. The predicted octanol–water partition coefficient (Wildman–Crippen LogP) is 5.59. The summed E-state index contributed by atoms with van der Waals surface area (Å²) < 4.78 is 43.2. The molecule has 8 aromatic rings. The third-order valence-corrected chi connectivity index (χ3v) is 8.56. The Balaban J connectivity index is 0.000000195. The number of hydrogen-bond donors (Lipinski definition) is 6. The van der Waals surface area contributed by atoms with E-state index in [0.717, 1.165) is 22.5 Å². The molecule has 8 rings (SSSR count). The minimum Gasteiger partial charge on any atom is -0.436 e. The van der Waals surface area contributed by atoms with E-state index in [9.17, 15) is 8.78 Å². The number of pyridine rings is 2. The van der Waals surface area contributed by atoms with Crippen molar-refractivity contribution in [2.75, 3.05) is 13.2 Å². The number of aliphatic hydroxyl groups excluding tert-OH is 2. The molecule has 19 heteroatoms. The lowest BCUT2D eigenvalue weighted by molar-refractivity contribution is 0.250. The van der Waals surface area contributed by atoms with Crippen LogP contribution in [0.5, 0.6) is 23.3 Å². The Morgan fingerprint density at radius 1 is 0.593 bits per heavy atom. The van der Waals surface area contributed by atoms with Crippen molar-refractivity contribution in [1.82, 2.24) is 49.9 Å². The number of nitrogens with zero attached hydrogens (tertiary/aromatic N) is 8. The number of aromatic amines is 2. The predicted molar refractivity (Wildman–Crippen MR) is 216 cm³/mol. The molecule has 2 aromatic carbocycles. The van der Waals surface area contributed by atoms with Gasteiger partial charge in [0.15, 0.2) is 11.6 Å². The van der Waals surface area contributed by atoms with Crippen molar-refractivity contribution in [2.45, 2.75) is 25.2 Å². The van der Waals surface area contributed by atoms with Gasteiger partial charge in [0.05, 0.1) is 49.1 Å². The second kappa shape index (κ2) is 19.5. The smallest absolute Gasteiger partial charge is 0.255 e. The summed E-state index contributed by atoms with van der Waals surface area (Å²) in [7, 11) is 0. The first-order chi connectivity index (χ1) is 28.2. The lowest BCUT2D eigenvalue weighted by Crippen LogP contribution is -2.30. The van der Waals surface area contributed by atoms with Gasteiger partial charge >= 0.3 is 0 Å². The normalized spacial score (nSPS) is 11.9. The Bertz CT molecular complexity index is 2340. The van der Waals surface area contributed by atoms with Gasteiger partial charge in [0.1, 0.15) is 11.5 Å². The highest BCUT2D eigenvalue weighted by Crippen LogP contribution is 2.29. The van der Waals surface area contributed by atoms with Crippen LogP contribution in [0.1, 0.15) is 0 Å². The van der Waals surface area contributed by atoms with Gasteiger partial charge in [-0.05, 0) is 84.9 Å². The highest BCUT2D eigenvalue weighted by Gasteiger charge is 2.13. The molecule has 8 N–H and O–H groups in total. The third kappa shape index (κ3) is 10.8. The molecule has 0 saturated heterocycles. The molecule has 0 amide bonds. The Morgan fingerprint density at radius 2 is 1.00 bits per heavy atom. The number of aromatic nitrogens is 10. The summed E-state index contributed by atoms with van der Waals surface area (Å²) in [6, 6.07) is 23.3. The van der Waals surface area contributed by atoms with Crippen molar-refractivity contribution in [3.8, 4) is 68.3 Å². The molecule has 6 heterocycles. The number of ether oxygens (including phenoxy) is 2. The monoisotopic (exact) mass is 824 g/mol. The molecular weight excluding hydrogens is 786 g/mol. The minimum atomic E-state index is -0.569. The van der Waals surface area contributed by atoms with Crippen LogP contribution in [0.4, 0.5) is 8.78 Å². The van der Waals surface area contributed by atoms with E-state index < -0.39 is 11.6 Å². The van der Waals surface area contributed by atoms with Crippen LogP contribution in [0.3, 0.4) is 0 Å². The molecule has 0 spiro atoms. The standard InChI is InChI=1S/2C20H19FN6O2.ClH/c2*21-17-9-14(18-5-7-24-25-18)10-23-20(17)29-16-3-1-13(2-4-16)19-6-8-27(26-19)11-15(22)12-28;/h2*1-10,15,28H,11-12,22H2,(H,24,25);1H/t2*15-;/m00./s1. The first kappa shape index (κ1) is 41.8. The molecule has 0 aliphatic heterocycles. The van der Waals surface area contributed by atoms with Gasteiger partial charge in [-0.3, -0.25) is 19.6 Å². The van der Waals surface area contributed by atoms with Crippen LogP contribution in [0.25, 0.3) is 45.0 Å². The number of aliphatic hydroxyl groups is 2. The van der Waals surface area contributed by atoms with Crippen molar-refractivity contribution in [3.63, 3.8) is 0 Å². The summed E-state index contributed by atoms with van der Waals surface area (Å²) in [5, 5.41) is 40.2. The molecule has 16 nitrogen and oxygen atoms in total. The van der Waals surface area contributed by atoms with Crippen molar-refractivity contribution in [3.05, 3.63) is 134 Å². The minimum absolute atomic E-state index is 0. The van der Waals surface area contributed by atoms with E-state index >= 15 is 0 Å². The van der Waals surface area contributed by atoms with Gasteiger partial charge in [-0.1, -0.05) is 0 Å². The maximum absolute atomic E-state index is 14.3. The summed E-state index contributed by atoms with van der Waals surface area (Å²) in [4.78, 5) is 8.11. The van der Waals surface area contributed by atoms with Crippen LogP contribution in [-0.2, 0) is 13.1 Å². The average molecular weight is 825 g/mol. The van der Waals surface area contributed by atoms with Crippen LogP contribution in [-0.4, -0.2) is 85.4 Å². The molecular formula is C40H39ClF2N12O4. The molecule has 0 aliphatic rings. The van der Waals surface area contributed by atoms with Crippen LogP contribution in [0.2, 0.25) is 0 Å². The summed E-state index contributed by atoms with van der Waals surface area (Å²) >= 11 is 0. The number of halogens is 3. The first-order valence-corrected chi connectivity index (χ1v) is 17.9. The van der Waals surface area contributed by atoms with Crippen molar-refractivity contribution < 1.29 is 28.5 Å². The number of hydrogen-bond acceptors (Lipinski definition) is 12. The van der Waals surface area contributed by atoms with Gasteiger partial charge in [0.25, 0.3) is 11.8 Å². The maximum atomic E-state index is 14.3. The zero-order chi connectivity index (χ0) is 40.4. The molecule has 0 fully saturated rings. The van der Waals surface area contributed by atoms with Crippen LogP contribution >= 0.6 is 12.4 Å².